The first-order chi connectivity index (χ1) is 18.3. The fourth-order valence-corrected chi connectivity index (χ4v) is 10.2. The molecule has 4 aromatic rings. The maximum atomic E-state index is 14.3. The molecular formula is C33H33NO3P+. The lowest BCUT2D eigenvalue weighted by Crippen LogP contribution is -2.42. The Morgan fingerprint density at radius 3 is 1.61 bits per heavy atom. The van der Waals surface area contributed by atoms with Crippen molar-refractivity contribution >= 4 is 40.7 Å². The molecule has 192 valence electrons. The van der Waals surface area contributed by atoms with E-state index in [-0.39, 0.29) is 17.5 Å². The van der Waals surface area contributed by atoms with Crippen LogP contribution in [0.5, 0.6) is 0 Å². The molecule has 38 heavy (non-hydrogen) atoms. The molecule has 1 aliphatic rings. The number of hydrogen-bond donors (Lipinski definition) is 0. The van der Waals surface area contributed by atoms with Gasteiger partial charge in [0.1, 0.15) is 28.8 Å². The lowest BCUT2D eigenvalue weighted by atomic mass is 10.1. The lowest BCUT2D eigenvalue weighted by Gasteiger charge is -2.32. The van der Waals surface area contributed by atoms with Gasteiger partial charge < -0.3 is 9.64 Å². The van der Waals surface area contributed by atoms with Crippen LogP contribution in [-0.2, 0) is 9.53 Å². The van der Waals surface area contributed by atoms with Crippen LogP contribution in [0.2, 0.25) is 0 Å². The summed E-state index contributed by atoms with van der Waals surface area (Å²) in [6, 6.07) is 38.8. The van der Waals surface area contributed by atoms with Crippen LogP contribution < -0.4 is 20.8 Å². The molecule has 1 atom stereocenters. The molecule has 1 aliphatic heterocycles. The zero-order chi connectivity index (χ0) is 26.8. The largest absolute Gasteiger partial charge is 0.456 e. The molecule has 4 aromatic carbocycles. The molecule has 0 spiro atoms. The van der Waals surface area contributed by atoms with Crippen molar-refractivity contribution in [2.75, 3.05) is 11.4 Å². The second kappa shape index (κ2) is 10.6. The topological polar surface area (TPSA) is 46.6 Å². The Morgan fingerprint density at radius 1 is 0.737 bits per heavy atom. The van der Waals surface area contributed by atoms with E-state index in [2.05, 4.69) is 72.8 Å². The number of rotatable bonds is 6. The van der Waals surface area contributed by atoms with Crippen LogP contribution in [0.25, 0.3) is 0 Å². The molecule has 0 aliphatic carbocycles. The predicted molar refractivity (Wildman–Crippen MR) is 158 cm³/mol. The van der Waals surface area contributed by atoms with E-state index >= 15 is 0 Å². The van der Waals surface area contributed by atoms with E-state index < -0.39 is 12.9 Å². The van der Waals surface area contributed by atoms with Crippen LogP contribution in [0.4, 0.5) is 5.69 Å². The second-order valence-electron chi connectivity index (χ2n) is 10.6. The fraction of sp³-hybridized carbons (Fsp3) is 0.212. The number of carbonyl (C=O) groups is 2. The van der Waals surface area contributed by atoms with Crippen molar-refractivity contribution in [3.63, 3.8) is 0 Å². The maximum Gasteiger partial charge on any atom is 0.338 e. The summed E-state index contributed by atoms with van der Waals surface area (Å²) in [5.41, 5.74) is 0.525. The summed E-state index contributed by atoms with van der Waals surface area (Å²) in [7, 11) is -2.33. The molecule has 0 bridgehead atoms. The quantitative estimate of drug-likeness (QED) is 0.240. The first-order valence-electron chi connectivity index (χ1n) is 13.0. The van der Waals surface area contributed by atoms with E-state index in [4.69, 9.17) is 4.74 Å². The highest BCUT2D eigenvalue weighted by atomic mass is 31.2. The van der Waals surface area contributed by atoms with E-state index in [0.717, 1.165) is 12.1 Å². The van der Waals surface area contributed by atoms with Gasteiger partial charge in [-0.05, 0) is 81.4 Å². The molecule has 5 heteroatoms. The van der Waals surface area contributed by atoms with Gasteiger partial charge in [0.15, 0.2) is 5.66 Å². The third kappa shape index (κ3) is 4.89. The molecule has 1 fully saturated rings. The van der Waals surface area contributed by atoms with Crippen LogP contribution in [-0.4, -0.2) is 29.7 Å². The molecule has 0 N–H and O–H groups in total. The number of carbonyl (C=O) groups excluding carboxylic acids is 2. The average molecular weight is 523 g/mol. The molecule has 0 saturated carbocycles. The summed E-state index contributed by atoms with van der Waals surface area (Å²) in [4.78, 5) is 28.7. The number of ether oxygens (including phenoxy) is 1. The summed E-state index contributed by atoms with van der Waals surface area (Å²) in [6.07, 6.45) is 0.749. The lowest BCUT2D eigenvalue weighted by molar-refractivity contribution is -0.116. The van der Waals surface area contributed by atoms with Gasteiger partial charge in [0, 0.05) is 18.7 Å². The van der Waals surface area contributed by atoms with E-state index in [1.54, 1.807) is 12.1 Å². The number of benzene rings is 4. The highest BCUT2D eigenvalue weighted by molar-refractivity contribution is 7.97. The third-order valence-corrected chi connectivity index (χ3v) is 11.7. The van der Waals surface area contributed by atoms with Crippen LogP contribution in [0.15, 0.2) is 115 Å². The minimum Gasteiger partial charge on any atom is -0.456 e. The molecule has 5 rings (SSSR count). The Labute approximate surface area is 225 Å². The summed E-state index contributed by atoms with van der Waals surface area (Å²) >= 11 is 0. The van der Waals surface area contributed by atoms with Crippen LogP contribution in [0, 0.1) is 0 Å². The van der Waals surface area contributed by atoms with Gasteiger partial charge >= 0.3 is 5.97 Å². The van der Waals surface area contributed by atoms with Gasteiger partial charge in [-0.1, -0.05) is 54.6 Å². The summed E-state index contributed by atoms with van der Waals surface area (Å²) in [5, 5.41) is 3.62. The van der Waals surface area contributed by atoms with Gasteiger partial charge in [-0.25, -0.2) is 4.79 Å². The second-order valence-corrected chi connectivity index (χ2v) is 14.2. The number of amides is 1. The number of hydrogen-bond acceptors (Lipinski definition) is 3. The monoisotopic (exact) mass is 522 g/mol. The molecule has 1 amide bonds. The average Bonchev–Trinajstić information content (AvgIpc) is 3.31. The van der Waals surface area contributed by atoms with Crippen molar-refractivity contribution in [1.82, 2.24) is 0 Å². The van der Waals surface area contributed by atoms with Gasteiger partial charge in [0.05, 0.1) is 5.56 Å². The van der Waals surface area contributed by atoms with Gasteiger partial charge in [-0.2, -0.15) is 0 Å². The highest BCUT2D eigenvalue weighted by Gasteiger charge is 2.58. The van der Waals surface area contributed by atoms with E-state index in [0.29, 0.717) is 12.1 Å². The number of nitrogens with zero attached hydrogens (tertiary/aromatic N) is 1. The van der Waals surface area contributed by atoms with Crippen molar-refractivity contribution in [2.45, 2.75) is 38.5 Å². The van der Waals surface area contributed by atoms with Gasteiger partial charge in [0.25, 0.3) is 5.91 Å². The molecule has 0 aromatic heterocycles. The van der Waals surface area contributed by atoms with E-state index in [9.17, 15) is 9.59 Å². The van der Waals surface area contributed by atoms with Crippen molar-refractivity contribution in [3.05, 3.63) is 121 Å². The molecule has 1 saturated heterocycles. The first-order valence-corrected chi connectivity index (χ1v) is 14.9. The number of esters is 1. The smallest absolute Gasteiger partial charge is 0.338 e. The van der Waals surface area contributed by atoms with Crippen molar-refractivity contribution in [3.8, 4) is 0 Å². The minimum atomic E-state index is -2.33. The Hall–Kier alpha value is -3.75. The van der Waals surface area contributed by atoms with Crippen LogP contribution in [0.1, 0.15) is 37.6 Å². The zero-order valence-corrected chi connectivity index (χ0v) is 23.0. The SMILES string of the molecule is CC(C)(C)OC(=O)c1ccc(N2CC[C@@H]([P+](c3ccccc3)(c3ccccc3)c3ccccc3)C2=O)cc1. The van der Waals surface area contributed by atoms with Gasteiger partial charge in [-0.15, -0.1) is 0 Å². The Morgan fingerprint density at radius 2 is 1.18 bits per heavy atom. The van der Waals surface area contributed by atoms with E-state index in [1.807, 2.05) is 56.0 Å². The molecular weight excluding hydrogens is 489 g/mol. The Kier molecular flexibility index (Phi) is 7.19. The standard InChI is InChI=1S/C33H33NO3P/c1-33(2,3)37-32(36)25-19-21-26(22-20-25)34-24-23-30(31(34)35)38(27-13-7-4-8-14-27,28-15-9-5-10-16-28)29-17-11-6-12-18-29/h4-22,30H,23-24H2,1-3H3/q+1/t30-/m1/s1. The van der Waals surface area contributed by atoms with E-state index in [1.165, 1.54) is 15.9 Å². The summed E-state index contributed by atoms with van der Waals surface area (Å²) in [5.74, 6) is -0.239. The number of anilines is 1. The van der Waals surface area contributed by atoms with Crippen LogP contribution in [0.3, 0.4) is 0 Å². The van der Waals surface area contributed by atoms with Gasteiger partial charge in [0.2, 0.25) is 0 Å². The summed E-state index contributed by atoms with van der Waals surface area (Å²) < 4.78 is 5.50. The Bertz CT molecular complexity index is 1300. The van der Waals surface area contributed by atoms with Crippen molar-refractivity contribution in [1.29, 1.82) is 0 Å². The van der Waals surface area contributed by atoms with Crippen molar-refractivity contribution < 1.29 is 14.3 Å². The third-order valence-electron chi connectivity index (χ3n) is 6.95. The van der Waals surface area contributed by atoms with Crippen LogP contribution >= 0.6 is 7.26 Å². The minimum absolute atomic E-state index is 0.125. The summed E-state index contributed by atoms with van der Waals surface area (Å²) in [6.45, 7) is 6.18. The molecule has 0 radical (unpaired) electrons. The fourth-order valence-electron chi connectivity index (χ4n) is 5.37. The molecule has 1 heterocycles. The highest BCUT2D eigenvalue weighted by Crippen LogP contribution is 2.62. The Balaban J connectivity index is 1.56. The molecule has 0 unspecified atom stereocenters. The van der Waals surface area contributed by atoms with Gasteiger partial charge in [-0.3, -0.25) is 4.79 Å². The predicted octanol–water partition coefficient (Wildman–Crippen LogP) is 5.74. The normalized spacial score (nSPS) is 15.9. The molecule has 4 nitrogen and oxygen atoms in total. The maximum absolute atomic E-state index is 14.3. The first kappa shape index (κ1) is 25.9. The zero-order valence-electron chi connectivity index (χ0n) is 22.1. The van der Waals surface area contributed by atoms with Crippen molar-refractivity contribution in [2.24, 2.45) is 0 Å².